The second-order valence-electron chi connectivity index (χ2n) is 5.36. The molecule has 2 rings (SSSR count). The summed E-state index contributed by atoms with van der Waals surface area (Å²) in [5.74, 6) is 1.53. The summed E-state index contributed by atoms with van der Waals surface area (Å²) >= 11 is 0. The molecule has 0 unspecified atom stereocenters. The van der Waals surface area contributed by atoms with Crippen molar-refractivity contribution in [1.82, 2.24) is 5.32 Å². The summed E-state index contributed by atoms with van der Waals surface area (Å²) in [5.41, 5.74) is 2.41. The Morgan fingerprint density at radius 3 is 2.57 bits per heavy atom. The van der Waals surface area contributed by atoms with Gasteiger partial charge in [0.2, 0.25) is 5.91 Å². The molecule has 0 bridgehead atoms. The number of carbonyl (C=O) groups excluding carboxylic acids is 1. The molecule has 0 fully saturated rings. The lowest BCUT2D eigenvalue weighted by Gasteiger charge is -2.09. The monoisotopic (exact) mass is 313 g/mol. The van der Waals surface area contributed by atoms with Crippen molar-refractivity contribution in [3.63, 3.8) is 0 Å². The van der Waals surface area contributed by atoms with Crippen molar-refractivity contribution < 1.29 is 14.3 Å². The summed E-state index contributed by atoms with van der Waals surface area (Å²) in [6.45, 7) is 2.98. The number of rotatable bonds is 8. The third-order valence-electron chi connectivity index (χ3n) is 3.50. The first-order valence-electron chi connectivity index (χ1n) is 7.76. The molecule has 4 heteroatoms. The lowest BCUT2D eigenvalue weighted by Crippen LogP contribution is -2.28. The molecule has 0 saturated heterocycles. The van der Waals surface area contributed by atoms with Crippen LogP contribution in [0.1, 0.15) is 17.5 Å². The van der Waals surface area contributed by atoms with E-state index in [1.165, 1.54) is 11.1 Å². The average Bonchev–Trinajstić information content (AvgIpc) is 2.58. The number of aryl methyl sites for hydroxylation is 2. The maximum Gasteiger partial charge on any atom is 0.220 e. The number of hydrogen-bond acceptors (Lipinski definition) is 3. The Morgan fingerprint density at radius 1 is 1.09 bits per heavy atom. The maximum absolute atomic E-state index is 11.8. The zero-order valence-electron chi connectivity index (χ0n) is 13.7. The van der Waals surface area contributed by atoms with Gasteiger partial charge in [0.05, 0.1) is 13.7 Å². The highest BCUT2D eigenvalue weighted by molar-refractivity contribution is 5.76. The fourth-order valence-electron chi connectivity index (χ4n) is 2.15. The molecule has 1 N–H and O–H groups in total. The van der Waals surface area contributed by atoms with Crippen molar-refractivity contribution in [2.24, 2.45) is 0 Å². The molecule has 1 amide bonds. The predicted molar refractivity (Wildman–Crippen MR) is 91.0 cm³/mol. The van der Waals surface area contributed by atoms with E-state index in [2.05, 4.69) is 36.5 Å². The summed E-state index contributed by atoms with van der Waals surface area (Å²) in [7, 11) is 1.62. The van der Waals surface area contributed by atoms with E-state index in [9.17, 15) is 4.79 Å². The van der Waals surface area contributed by atoms with Crippen LogP contribution in [-0.4, -0.2) is 26.2 Å². The molecule has 0 aliphatic heterocycles. The topological polar surface area (TPSA) is 47.6 Å². The molecule has 0 spiro atoms. The van der Waals surface area contributed by atoms with E-state index in [0.717, 1.165) is 17.9 Å². The summed E-state index contributed by atoms with van der Waals surface area (Å²) in [6, 6.07) is 15.7. The van der Waals surface area contributed by atoms with Crippen molar-refractivity contribution in [1.29, 1.82) is 0 Å². The summed E-state index contributed by atoms with van der Waals surface area (Å²) in [6.07, 6.45) is 1.24. The van der Waals surface area contributed by atoms with E-state index in [-0.39, 0.29) is 5.91 Å². The number of methoxy groups -OCH3 is 1. The van der Waals surface area contributed by atoms with Gasteiger partial charge in [0, 0.05) is 12.5 Å². The molecule has 0 saturated carbocycles. The van der Waals surface area contributed by atoms with Gasteiger partial charge in [-0.2, -0.15) is 0 Å². The first-order chi connectivity index (χ1) is 11.2. The molecule has 122 valence electrons. The van der Waals surface area contributed by atoms with E-state index in [1.807, 2.05) is 24.3 Å². The van der Waals surface area contributed by atoms with Gasteiger partial charge in [-0.15, -0.1) is 0 Å². The second kappa shape index (κ2) is 8.83. The van der Waals surface area contributed by atoms with Crippen LogP contribution in [0, 0.1) is 6.92 Å². The van der Waals surface area contributed by atoms with Crippen LogP contribution in [0.25, 0.3) is 0 Å². The van der Waals surface area contributed by atoms with Crippen LogP contribution in [0.4, 0.5) is 0 Å². The fraction of sp³-hybridized carbons (Fsp3) is 0.316. The van der Waals surface area contributed by atoms with Gasteiger partial charge < -0.3 is 14.8 Å². The minimum atomic E-state index is 0.0415. The van der Waals surface area contributed by atoms with E-state index in [0.29, 0.717) is 19.6 Å². The quantitative estimate of drug-likeness (QED) is 0.762. The van der Waals surface area contributed by atoms with Gasteiger partial charge in [0.25, 0.3) is 0 Å². The van der Waals surface area contributed by atoms with Gasteiger partial charge in [-0.25, -0.2) is 0 Å². The number of hydrogen-bond donors (Lipinski definition) is 1. The van der Waals surface area contributed by atoms with Gasteiger partial charge in [0.1, 0.15) is 18.1 Å². The Kier molecular flexibility index (Phi) is 6.48. The molecular weight excluding hydrogens is 290 g/mol. The van der Waals surface area contributed by atoms with Gasteiger partial charge in [-0.05, 0) is 31.0 Å². The van der Waals surface area contributed by atoms with Crippen molar-refractivity contribution in [3.05, 3.63) is 59.7 Å². The third-order valence-corrected chi connectivity index (χ3v) is 3.50. The number of carbonyl (C=O) groups is 1. The van der Waals surface area contributed by atoms with Crippen LogP contribution in [0.5, 0.6) is 11.5 Å². The highest BCUT2D eigenvalue weighted by atomic mass is 16.5. The first kappa shape index (κ1) is 16.9. The minimum Gasteiger partial charge on any atom is -0.497 e. The minimum absolute atomic E-state index is 0.0415. The SMILES string of the molecule is COc1cccc(OCCNC(=O)CCc2ccc(C)cc2)c1. The molecule has 2 aromatic carbocycles. The van der Waals surface area contributed by atoms with E-state index < -0.39 is 0 Å². The molecule has 2 aromatic rings. The van der Waals surface area contributed by atoms with Crippen LogP contribution < -0.4 is 14.8 Å². The third kappa shape index (κ3) is 6.02. The molecule has 0 radical (unpaired) electrons. The number of nitrogens with one attached hydrogen (secondary N) is 1. The molecule has 23 heavy (non-hydrogen) atoms. The highest BCUT2D eigenvalue weighted by Gasteiger charge is 2.02. The Hall–Kier alpha value is -2.49. The van der Waals surface area contributed by atoms with Crippen molar-refractivity contribution >= 4 is 5.91 Å². The zero-order chi connectivity index (χ0) is 16.5. The largest absolute Gasteiger partial charge is 0.497 e. The smallest absolute Gasteiger partial charge is 0.220 e. The molecule has 0 aliphatic carbocycles. The van der Waals surface area contributed by atoms with Gasteiger partial charge >= 0.3 is 0 Å². The van der Waals surface area contributed by atoms with Gasteiger partial charge in [-0.1, -0.05) is 35.9 Å². The second-order valence-corrected chi connectivity index (χ2v) is 5.36. The van der Waals surface area contributed by atoms with Crippen molar-refractivity contribution in [2.45, 2.75) is 19.8 Å². The fourth-order valence-corrected chi connectivity index (χ4v) is 2.15. The van der Waals surface area contributed by atoms with E-state index >= 15 is 0 Å². The van der Waals surface area contributed by atoms with Crippen LogP contribution in [0.2, 0.25) is 0 Å². The van der Waals surface area contributed by atoms with E-state index in [1.54, 1.807) is 7.11 Å². The molecule has 0 heterocycles. The summed E-state index contributed by atoms with van der Waals surface area (Å²) in [4.78, 5) is 11.8. The molecule has 0 aliphatic rings. The Morgan fingerprint density at radius 2 is 1.83 bits per heavy atom. The number of amides is 1. The summed E-state index contributed by atoms with van der Waals surface area (Å²) in [5, 5.41) is 2.87. The predicted octanol–water partition coefficient (Wildman–Crippen LogP) is 3.13. The average molecular weight is 313 g/mol. The van der Waals surface area contributed by atoms with Gasteiger partial charge in [-0.3, -0.25) is 4.79 Å². The Bertz CT molecular complexity index is 623. The lowest BCUT2D eigenvalue weighted by molar-refractivity contribution is -0.121. The maximum atomic E-state index is 11.8. The summed E-state index contributed by atoms with van der Waals surface area (Å²) < 4.78 is 10.7. The zero-order valence-corrected chi connectivity index (χ0v) is 13.7. The first-order valence-corrected chi connectivity index (χ1v) is 7.76. The van der Waals surface area contributed by atoms with Crippen molar-refractivity contribution in [2.75, 3.05) is 20.3 Å². The van der Waals surface area contributed by atoms with Crippen LogP contribution >= 0.6 is 0 Å². The number of benzene rings is 2. The van der Waals surface area contributed by atoms with Crippen LogP contribution in [-0.2, 0) is 11.2 Å². The Labute approximate surface area is 137 Å². The lowest BCUT2D eigenvalue weighted by atomic mass is 10.1. The normalized spacial score (nSPS) is 10.2. The van der Waals surface area contributed by atoms with Crippen LogP contribution in [0.15, 0.2) is 48.5 Å². The van der Waals surface area contributed by atoms with Gasteiger partial charge in [0.15, 0.2) is 0 Å². The molecule has 4 nitrogen and oxygen atoms in total. The standard InChI is InChI=1S/C19H23NO3/c1-15-6-8-16(9-7-15)10-11-19(21)20-12-13-23-18-5-3-4-17(14-18)22-2/h3-9,14H,10-13H2,1-2H3,(H,20,21). The Balaban J connectivity index is 1.63. The van der Waals surface area contributed by atoms with E-state index in [4.69, 9.17) is 9.47 Å². The van der Waals surface area contributed by atoms with Crippen molar-refractivity contribution in [3.8, 4) is 11.5 Å². The molecule has 0 atom stereocenters. The molecular formula is C19H23NO3. The highest BCUT2D eigenvalue weighted by Crippen LogP contribution is 2.18. The van der Waals surface area contributed by atoms with Crippen LogP contribution in [0.3, 0.4) is 0 Å². The molecule has 0 aromatic heterocycles. The number of ether oxygens (including phenoxy) is 2.